The first-order chi connectivity index (χ1) is 8.65. The fraction of sp³-hybridized carbons (Fsp3) is 0.308. The van der Waals surface area contributed by atoms with Gasteiger partial charge in [0, 0.05) is 12.0 Å². The van der Waals surface area contributed by atoms with Crippen LogP contribution in [0.2, 0.25) is 0 Å². The van der Waals surface area contributed by atoms with Crippen molar-refractivity contribution in [3.8, 4) is 16.3 Å². The highest BCUT2D eigenvalue weighted by Crippen LogP contribution is 2.34. The van der Waals surface area contributed by atoms with Gasteiger partial charge in [0.15, 0.2) is 0 Å². The number of nitrogens with two attached hydrogens (primary N) is 1. The Balaban J connectivity index is 2.36. The van der Waals surface area contributed by atoms with Crippen LogP contribution in [0.3, 0.4) is 0 Å². The summed E-state index contributed by atoms with van der Waals surface area (Å²) < 4.78 is 6.33. The van der Waals surface area contributed by atoms with E-state index in [4.69, 9.17) is 10.5 Å². The van der Waals surface area contributed by atoms with Crippen LogP contribution < -0.4 is 10.5 Å². The molecule has 2 rings (SSSR count). The lowest BCUT2D eigenvalue weighted by atomic mass is 10.1. The summed E-state index contributed by atoms with van der Waals surface area (Å²) in [5.74, 6) is 0.900. The van der Waals surface area contributed by atoms with Gasteiger partial charge in [0.1, 0.15) is 10.8 Å². The minimum Gasteiger partial charge on any atom is -0.496 e. The van der Waals surface area contributed by atoms with Gasteiger partial charge in [-0.3, -0.25) is 0 Å². The number of benzene rings is 1. The second kappa shape index (κ2) is 5.82. The largest absolute Gasteiger partial charge is 0.496 e. The number of hydrogen-bond acceptors (Lipinski definition) is 4. The Morgan fingerprint density at radius 1 is 1.44 bits per heavy atom. The van der Waals surface area contributed by atoms with Crippen LogP contribution in [-0.4, -0.2) is 18.6 Å². The van der Waals surface area contributed by atoms with Crippen LogP contribution in [0, 0.1) is 6.92 Å². The number of nitrogens with zero attached hydrogens (tertiary/aromatic N) is 1. The second-order valence-corrected chi connectivity index (χ2v) is 6.28. The molecule has 18 heavy (non-hydrogen) atoms. The van der Waals surface area contributed by atoms with Crippen molar-refractivity contribution in [3.05, 3.63) is 33.2 Å². The van der Waals surface area contributed by atoms with Gasteiger partial charge in [0.2, 0.25) is 0 Å². The summed E-state index contributed by atoms with van der Waals surface area (Å²) in [6.45, 7) is 2.65. The van der Waals surface area contributed by atoms with Gasteiger partial charge in [-0.1, -0.05) is 0 Å². The van der Waals surface area contributed by atoms with E-state index in [1.807, 2.05) is 19.1 Å². The molecule has 0 atom stereocenters. The average molecular weight is 327 g/mol. The number of halogens is 1. The number of methoxy groups -OCH3 is 1. The zero-order chi connectivity index (χ0) is 13.1. The van der Waals surface area contributed by atoms with Crippen molar-refractivity contribution in [2.75, 3.05) is 13.7 Å². The third kappa shape index (κ3) is 2.74. The lowest BCUT2D eigenvalue weighted by Crippen LogP contribution is -2.03. The minimum absolute atomic E-state index is 0.614. The van der Waals surface area contributed by atoms with Crippen LogP contribution in [0.15, 0.2) is 22.0 Å². The van der Waals surface area contributed by atoms with Gasteiger partial charge in [-0.25, -0.2) is 4.98 Å². The summed E-state index contributed by atoms with van der Waals surface area (Å²) in [5.41, 5.74) is 8.83. The van der Waals surface area contributed by atoms with Crippen molar-refractivity contribution in [1.82, 2.24) is 4.98 Å². The van der Waals surface area contributed by atoms with E-state index < -0.39 is 0 Å². The van der Waals surface area contributed by atoms with Gasteiger partial charge in [-0.15, -0.1) is 11.3 Å². The Bertz CT molecular complexity index is 554. The molecule has 0 aliphatic carbocycles. The molecule has 1 aromatic carbocycles. The first-order valence-electron chi connectivity index (χ1n) is 5.66. The lowest BCUT2D eigenvalue weighted by molar-refractivity contribution is 0.412. The topological polar surface area (TPSA) is 48.1 Å². The smallest absolute Gasteiger partial charge is 0.124 e. The molecule has 3 nitrogen and oxygen atoms in total. The van der Waals surface area contributed by atoms with Crippen molar-refractivity contribution in [1.29, 1.82) is 0 Å². The van der Waals surface area contributed by atoms with Crippen LogP contribution in [0.1, 0.15) is 11.3 Å². The Morgan fingerprint density at radius 3 is 2.83 bits per heavy atom. The quantitative estimate of drug-likeness (QED) is 0.936. The van der Waals surface area contributed by atoms with Crippen molar-refractivity contribution in [2.45, 2.75) is 13.3 Å². The number of ether oxygens (including phenoxy) is 1. The van der Waals surface area contributed by atoms with Crippen LogP contribution >= 0.6 is 27.3 Å². The predicted molar refractivity (Wildman–Crippen MR) is 79.3 cm³/mol. The first-order valence-corrected chi connectivity index (χ1v) is 7.27. The molecule has 2 N–H and O–H groups in total. The van der Waals surface area contributed by atoms with Crippen LogP contribution in [0.4, 0.5) is 0 Å². The highest BCUT2D eigenvalue weighted by molar-refractivity contribution is 9.11. The average Bonchev–Trinajstić information content (AvgIpc) is 2.71. The van der Waals surface area contributed by atoms with E-state index in [0.29, 0.717) is 6.54 Å². The Labute approximate surface area is 119 Å². The Kier molecular flexibility index (Phi) is 4.37. The summed E-state index contributed by atoms with van der Waals surface area (Å²) in [6.07, 6.45) is 0.798. The maximum Gasteiger partial charge on any atom is 0.124 e. The number of aryl methyl sites for hydroxylation is 1. The molecule has 0 aliphatic rings. The zero-order valence-corrected chi connectivity index (χ0v) is 12.8. The molecule has 1 heterocycles. The van der Waals surface area contributed by atoms with Crippen LogP contribution in [-0.2, 0) is 6.42 Å². The van der Waals surface area contributed by atoms with Crippen LogP contribution in [0.25, 0.3) is 10.6 Å². The maximum absolute atomic E-state index is 5.57. The van der Waals surface area contributed by atoms with Gasteiger partial charge in [0.25, 0.3) is 0 Å². The van der Waals surface area contributed by atoms with Gasteiger partial charge in [-0.05, 0) is 53.2 Å². The normalized spacial score (nSPS) is 10.7. The maximum atomic E-state index is 5.57. The highest BCUT2D eigenvalue weighted by atomic mass is 79.9. The molecular weight excluding hydrogens is 312 g/mol. The molecule has 2 aromatic rings. The molecule has 0 aliphatic heterocycles. The van der Waals surface area contributed by atoms with Crippen molar-refractivity contribution in [2.24, 2.45) is 5.73 Å². The van der Waals surface area contributed by atoms with E-state index in [0.717, 1.165) is 37.8 Å². The van der Waals surface area contributed by atoms with Crippen molar-refractivity contribution < 1.29 is 4.74 Å². The fourth-order valence-electron chi connectivity index (χ4n) is 1.76. The lowest BCUT2D eigenvalue weighted by Gasteiger charge is -2.05. The number of thiazole rings is 1. The van der Waals surface area contributed by atoms with Gasteiger partial charge in [-0.2, -0.15) is 0 Å². The molecule has 0 amide bonds. The second-order valence-electron chi connectivity index (χ2n) is 3.96. The first kappa shape index (κ1) is 13.5. The molecule has 0 radical (unpaired) electrons. The standard InChI is InChI=1S/C13H15BrN2OS/c1-8-7-9(3-4-11(8)17-2)13-16-10(5-6-15)12(14)18-13/h3-4,7H,5-6,15H2,1-2H3. The SMILES string of the molecule is COc1ccc(-c2nc(CCN)c(Br)s2)cc1C. The molecule has 96 valence electrons. The van der Waals surface area contributed by atoms with E-state index in [9.17, 15) is 0 Å². The summed E-state index contributed by atoms with van der Waals surface area (Å²) in [7, 11) is 1.68. The van der Waals surface area contributed by atoms with E-state index in [1.165, 1.54) is 0 Å². The van der Waals surface area contributed by atoms with Crippen molar-refractivity contribution >= 4 is 27.3 Å². The van der Waals surface area contributed by atoms with E-state index in [-0.39, 0.29) is 0 Å². The van der Waals surface area contributed by atoms with Crippen LogP contribution in [0.5, 0.6) is 5.75 Å². The summed E-state index contributed by atoms with van der Waals surface area (Å²) in [5, 5.41) is 1.01. The van der Waals surface area contributed by atoms with Gasteiger partial charge >= 0.3 is 0 Å². The molecule has 0 saturated carbocycles. The molecule has 0 saturated heterocycles. The third-order valence-corrected chi connectivity index (χ3v) is 4.55. The number of hydrogen-bond donors (Lipinski definition) is 1. The molecule has 0 spiro atoms. The molecule has 0 bridgehead atoms. The fourth-order valence-corrected chi connectivity index (χ4v) is 3.34. The minimum atomic E-state index is 0.614. The highest BCUT2D eigenvalue weighted by Gasteiger charge is 2.11. The molecular formula is C13H15BrN2OS. The summed E-state index contributed by atoms with van der Waals surface area (Å²) in [4.78, 5) is 4.62. The van der Waals surface area contributed by atoms with Crippen molar-refractivity contribution in [3.63, 3.8) is 0 Å². The molecule has 1 aromatic heterocycles. The third-order valence-electron chi connectivity index (χ3n) is 2.67. The summed E-state index contributed by atoms with van der Waals surface area (Å²) in [6, 6.07) is 6.10. The zero-order valence-electron chi connectivity index (χ0n) is 10.4. The van der Waals surface area contributed by atoms with E-state index >= 15 is 0 Å². The Morgan fingerprint density at radius 2 is 2.22 bits per heavy atom. The Hall–Kier alpha value is -0.910. The molecule has 0 fully saturated rings. The number of rotatable bonds is 4. The summed E-state index contributed by atoms with van der Waals surface area (Å²) >= 11 is 5.18. The van der Waals surface area contributed by atoms with E-state index in [2.05, 4.69) is 27.0 Å². The molecule has 5 heteroatoms. The molecule has 0 unspecified atom stereocenters. The van der Waals surface area contributed by atoms with Gasteiger partial charge < -0.3 is 10.5 Å². The van der Waals surface area contributed by atoms with E-state index in [1.54, 1.807) is 18.4 Å². The van der Waals surface area contributed by atoms with Gasteiger partial charge in [0.05, 0.1) is 16.6 Å². The monoisotopic (exact) mass is 326 g/mol. The predicted octanol–water partition coefficient (Wildman–Crippen LogP) is 3.39. The number of aromatic nitrogens is 1.